The lowest BCUT2D eigenvalue weighted by atomic mass is 10.2. The molecular weight excluding hydrogens is 253 g/mol. The van der Waals surface area contributed by atoms with E-state index >= 15 is 0 Å². The number of hydrogen-bond donors (Lipinski definition) is 0. The maximum Gasteiger partial charge on any atom is 0.573 e. The third kappa shape index (κ3) is 4.25. The number of aldehydes is 1. The SMILES string of the molecule is CCOCOc1c(C=O)cccc1OC(F)(F)F. The van der Waals surface area contributed by atoms with Crippen molar-refractivity contribution in [3.63, 3.8) is 0 Å². The fourth-order valence-electron chi connectivity index (χ4n) is 1.17. The van der Waals surface area contributed by atoms with Crippen LogP contribution in [0.2, 0.25) is 0 Å². The quantitative estimate of drug-likeness (QED) is 0.450. The van der Waals surface area contributed by atoms with Crippen LogP contribution < -0.4 is 9.47 Å². The number of carbonyl (C=O) groups is 1. The van der Waals surface area contributed by atoms with Crippen LogP contribution in [0.25, 0.3) is 0 Å². The molecule has 0 fully saturated rings. The molecule has 0 aliphatic carbocycles. The lowest BCUT2D eigenvalue weighted by Crippen LogP contribution is -2.18. The topological polar surface area (TPSA) is 44.8 Å². The minimum absolute atomic E-state index is 0.0450. The van der Waals surface area contributed by atoms with Crippen molar-refractivity contribution in [2.24, 2.45) is 0 Å². The molecule has 0 atom stereocenters. The van der Waals surface area contributed by atoms with Crippen LogP contribution in [-0.4, -0.2) is 26.0 Å². The van der Waals surface area contributed by atoms with Crippen LogP contribution in [0, 0.1) is 0 Å². The lowest BCUT2D eigenvalue weighted by Gasteiger charge is -2.15. The Labute approximate surface area is 101 Å². The number of alkyl halides is 3. The molecule has 0 bridgehead atoms. The molecule has 4 nitrogen and oxygen atoms in total. The van der Waals surface area contributed by atoms with Crippen LogP contribution in [0.15, 0.2) is 18.2 Å². The standard InChI is InChI=1S/C11H11F3O4/c1-2-16-7-17-10-8(6-15)4-3-5-9(10)18-11(12,13)14/h3-6H,2,7H2,1H3. The molecule has 1 rings (SSSR count). The minimum atomic E-state index is -4.86. The summed E-state index contributed by atoms with van der Waals surface area (Å²) in [5.74, 6) is -0.870. The molecular formula is C11H11F3O4. The van der Waals surface area contributed by atoms with Gasteiger partial charge in [0.2, 0.25) is 0 Å². The van der Waals surface area contributed by atoms with Gasteiger partial charge in [0.25, 0.3) is 0 Å². The second-order valence-electron chi connectivity index (χ2n) is 3.10. The van der Waals surface area contributed by atoms with Gasteiger partial charge in [-0.05, 0) is 19.1 Å². The van der Waals surface area contributed by atoms with Gasteiger partial charge in [-0.2, -0.15) is 0 Å². The monoisotopic (exact) mass is 264 g/mol. The van der Waals surface area contributed by atoms with Gasteiger partial charge in [-0.1, -0.05) is 6.07 Å². The Hall–Kier alpha value is -1.76. The molecule has 0 aliphatic heterocycles. The fourth-order valence-corrected chi connectivity index (χ4v) is 1.17. The molecule has 0 saturated heterocycles. The predicted octanol–water partition coefficient (Wildman–Crippen LogP) is 2.77. The molecule has 0 heterocycles. The molecule has 0 radical (unpaired) electrons. The van der Waals surface area contributed by atoms with Crippen LogP contribution in [0.5, 0.6) is 11.5 Å². The van der Waals surface area contributed by atoms with E-state index in [1.54, 1.807) is 6.92 Å². The van der Waals surface area contributed by atoms with Crippen LogP contribution in [-0.2, 0) is 4.74 Å². The molecule has 7 heteroatoms. The van der Waals surface area contributed by atoms with Crippen molar-refractivity contribution in [2.45, 2.75) is 13.3 Å². The van der Waals surface area contributed by atoms with E-state index < -0.39 is 12.1 Å². The summed E-state index contributed by atoms with van der Waals surface area (Å²) in [6, 6.07) is 3.64. The molecule has 0 amide bonds. The number of ether oxygens (including phenoxy) is 3. The number of benzene rings is 1. The number of para-hydroxylation sites is 1. The van der Waals surface area contributed by atoms with Gasteiger partial charge in [0, 0.05) is 6.61 Å². The van der Waals surface area contributed by atoms with Gasteiger partial charge in [0.1, 0.15) is 0 Å². The molecule has 1 aromatic carbocycles. The minimum Gasteiger partial charge on any atom is -0.463 e. The fraction of sp³-hybridized carbons (Fsp3) is 0.364. The van der Waals surface area contributed by atoms with Gasteiger partial charge >= 0.3 is 6.36 Å². The maximum absolute atomic E-state index is 12.1. The molecule has 100 valence electrons. The summed E-state index contributed by atoms with van der Waals surface area (Å²) in [7, 11) is 0. The lowest BCUT2D eigenvalue weighted by molar-refractivity contribution is -0.275. The average molecular weight is 264 g/mol. The first kappa shape index (κ1) is 14.3. The second-order valence-corrected chi connectivity index (χ2v) is 3.10. The third-order valence-corrected chi connectivity index (χ3v) is 1.85. The van der Waals surface area contributed by atoms with Gasteiger partial charge in [-0.3, -0.25) is 4.79 Å². The first-order valence-corrected chi connectivity index (χ1v) is 5.02. The van der Waals surface area contributed by atoms with Gasteiger partial charge in [-0.25, -0.2) is 0 Å². The van der Waals surface area contributed by atoms with Gasteiger partial charge in [-0.15, -0.1) is 13.2 Å². The number of carbonyl (C=O) groups excluding carboxylic acids is 1. The summed E-state index contributed by atoms with van der Waals surface area (Å²) in [5.41, 5.74) is -0.0450. The van der Waals surface area contributed by atoms with E-state index in [9.17, 15) is 18.0 Å². The molecule has 0 aromatic heterocycles. The predicted molar refractivity (Wildman–Crippen MR) is 55.6 cm³/mol. The Kier molecular flexibility index (Phi) is 4.96. The van der Waals surface area contributed by atoms with E-state index in [0.29, 0.717) is 12.9 Å². The number of halogens is 3. The summed E-state index contributed by atoms with van der Waals surface area (Å²) in [5, 5.41) is 0. The second kappa shape index (κ2) is 6.25. The molecule has 0 aliphatic rings. The van der Waals surface area contributed by atoms with Crippen molar-refractivity contribution in [3.8, 4) is 11.5 Å². The van der Waals surface area contributed by atoms with Crippen LogP contribution in [0.4, 0.5) is 13.2 Å². The van der Waals surface area contributed by atoms with E-state index in [2.05, 4.69) is 4.74 Å². The van der Waals surface area contributed by atoms with Gasteiger partial charge < -0.3 is 14.2 Å². The average Bonchev–Trinajstić information content (AvgIpc) is 2.29. The Morgan fingerprint density at radius 1 is 1.33 bits per heavy atom. The maximum atomic E-state index is 12.1. The normalized spacial score (nSPS) is 11.1. The molecule has 0 N–H and O–H groups in total. The Morgan fingerprint density at radius 3 is 2.61 bits per heavy atom. The summed E-state index contributed by atoms with van der Waals surface area (Å²) in [4.78, 5) is 10.7. The molecule has 0 spiro atoms. The summed E-state index contributed by atoms with van der Waals surface area (Å²) in [6.45, 7) is 1.76. The zero-order valence-electron chi connectivity index (χ0n) is 9.49. The van der Waals surface area contributed by atoms with Gasteiger partial charge in [0.05, 0.1) is 5.56 Å². The summed E-state index contributed by atoms with van der Waals surface area (Å²) < 4.78 is 50.0. The van der Waals surface area contributed by atoms with Crippen molar-refractivity contribution in [3.05, 3.63) is 23.8 Å². The zero-order chi connectivity index (χ0) is 13.6. The van der Waals surface area contributed by atoms with E-state index in [4.69, 9.17) is 9.47 Å². The van der Waals surface area contributed by atoms with Gasteiger partial charge in [0.15, 0.2) is 24.6 Å². The van der Waals surface area contributed by atoms with E-state index in [1.165, 1.54) is 12.1 Å². The van der Waals surface area contributed by atoms with E-state index in [1.807, 2.05) is 0 Å². The summed E-state index contributed by atoms with van der Waals surface area (Å²) in [6.07, 6.45) is -4.48. The smallest absolute Gasteiger partial charge is 0.463 e. The first-order valence-electron chi connectivity index (χ1n) is 5.02. The van der Waals surface area contributed by atoms with Crippen molar-refractivity contribution >= 4 is 6.29 Å². The van der Waals surface area contributed by atoms with Crippen molar-refractivity contribution in [1.29, 1.82) is 0 Å². The Balaban J connectivity index is 2.96. The van der Waals surface area contributed by atoms with E-state index in [0.717, 1.165) is 6.07 Å². The molecule has 0 unspecified atom stereocenters. The molecule has 1 aromatic rings. The van der Waals surface area contributed by atoms with Crippen LogP contribution >= 0.6 is 0 Å². The highest BCUT2D eigenvalue weighted by atomic mass is 19.4. The van der Waals surface area contributed by atoms with Crippen LogP contribution in [0.1, 0.15) is 17.3 Å². The highest BCUT2D eigenvalue weighted by molar-refractivity contribution is 5.81. The highest BCUT2D eigenvalue weighted by Gasteiger charge is 2.33. The van der Waals surface area contributed by atoms with Crippen molar-refractivity contribution in [2.75, 3.05) is 13.4 Å². The van der Waals surface area contributed by atoms with Crippen LogP contribution in [0.3, 0.4) is 0 Å². The highest BCUT2D eigenvalue weighted by Crippen LogP contribution is 2.34. The molecule has 0 saturated carbocycles. The number of hydrogen-bond acceptors (Lipinski definition) is 4. The number of rotatable bonds is 6. The van der Waals surface area contributed by atoms with Crippen molar-refractivity contribution in [1.82, 2.24) is 0 Å². The van der Waals surface area contributed by atoms with E-state index in [-0.39, 0.29) is 18.1 Å². The first-order chi connectivity index (χ1) is 8.48. The third-order valence-electron chi connectivity index (χ3n) is 1.85. The molecule has 18 heavy (non-hydrogen) atoms. The summed E-state index contributed by atoms with van der Waals surface area (Å²) >= 11 is 0. The zero-order valence-corrected chi connectivity index (χ0v) is 9.49. The van der Waals surface area contributed by atoms with Crippen molar-refractivity contribution < 1.29 is 32.2 Å². The Bertz CT molecular complexity index is 404. The Morgan fingerprint density at radius 2 is 2.06 bits per heavy atom. The largest absolute Gasteiger partial charge is 0.573 e.